The topological polar surface area (TPSA) is 101 Å². The van der Waals surface area contributed by atoms with Gasteiger partial charge in [0.1, 0.15) is 23.1 Å². The highest BCUT2D eigenvalue weighted by Crippen LogP contribution is 2.38. The van der Waals surface area contributed by atoms with Gasteiger partial charge in [-0.05, 0) is 19.1 Å². The number of nitrogens with zero attached hydrogens (tertiary/aromatic N) is 1. The zero-order valence-electron chi connectivity index (χ0n) is 13.7. The Labute approximate surface area is 138 Å². The Balaban J connectivity index is 2.96. The summed E-state index contributed by atoms with van der Waals surface area (Å²) in [5.74, 6) is 0.0383. The van der Waals surface area contributed by atoms with E-state index < -0.39 is 11.5 Å². The van der Waals surface area contributed by atoms with Gasteiger partial charge in [0.05, 0.1) is 26.9 Å². The lowest BCUT2D eigenvalue weighted by atomic mass is 9.94. The Morgan fingerprint density at radius 2 is 1.88 bits per heavy atom. The molecule has 0 fully saturated rings. The second-order valence-corrected chi connectivity index (χ2v) is 4.93. The Morgan fingerprint density at radius 1 is 1.17 bits per heavy atom. The normalized spacial score (nSPS) is 9.96. The number of H-pyrrole nitrogens is 1. The molecule has 1 aromatic heterocycles. The van der Waals surface area contributed by atoms with Crippen LogP contribution in [0.3, 0.4) is 0 Å². The van der Waals surface area contributed by atoms with E-state index in [9.17, 15) is 14.9 Å². The Hall–Kier alpha value is -3.27. The van der Waals surface area contributed by atoms with Crippen molar-refractivity contribution >= 4 is 5.97 Å². The number of aryl methyl sites for hydroxylation is 1. The van der Waals surface area contributed by atoms with Crippen LogP contribution in [0.25, 0.3) is 11.1 Å². The van der Waals surface area contributed by atoms with E-state index in [0.29, 0.717) is 22.6 Å². The van der Waals surface area contributed by atoms with Crippen molar-refractivity contribution < 1.29 is 19.0 Å². The van der Waals surface area contributed by atoms with Crippen LogP contribution >= 0.6 is 0 Å². The molecular formula is C17H16N2O5. The summed E-state index contributed by atoms with van der Waals surface area (Å²) >= 11 is 0. The minimum Gasteiger partial charge on any atom is -0.497 e. The molecule has 0 spiro atoms. The van der Waals surface area contributed by atoms with E-state index in [1.54, 1.807) is 19.1 Å². The average Bonchev–Trinajstić information content (AvgIpc) is 2.59. The van der Waals surface area contributed by atoms with E-state index >= 15 is 0 Å². The fraction of sp³-hybridized carbons (Fsp3) is 0.235. The molecule has 0 aliphatic heterocycles. The van der Waals surface area contributed by atoms with E-state index in [4.69, 9.17) is 14.2 Å². The molecule has 7 heteroatoms. The molecule has 0 amide bonds. The van der Waals surface area contributed by atoms with Crippen LogP contribution in [0.15, 0.2) is 23.0 Å². The quantitative estimate of drug-likeness (QED) is 0.862. The van der Waals surface area contributed by atoms with Crippen molar-refractivity contribution in [1.29, 1.82) is 5.26 Å². The van der Waals surface area contributed by atoms with Crippen LogP contribution < -0.4 is 15.0 Å². The van der Waals surface area contributed by atoms with Gasteiger partial charge in [-0.2, -0.15) is 5.26 Å². The van der Waals surface area contributed by atoms with Gasteiger partial charge in [-0.1, -0.05) is 0 Å². The summed E-state index contributed by atoms with van der Waals surface area (Å²) < 4.78 is 15.3. The first-order valence-corrected chi connectivity index (χ1v) is 6.95. The van der Waals surface area contributed by atoms with Gasteiger partial charge in [-0.15, -0.1) is 0 Å². The number of carbonyl (C=O) groups excluding carboxylic acids is 1. The monoisotopic (exact) mass is 328 g/mol. The molecule has 0 atom stereocenters. The Morgan fingerprint density at radius 3 is 2.42 bits per heavy atom. The first kappa shape index (κ1) is 17.1. The van der Waals surface area contributed by atoms with Crippen molar-refractivity contribution in [2.75, 3.05) is 21.3 Å². The number of benzene rings is 1. The molecule has 0 aliphatic rings. The smallest absolute Gasteiger partial charge is 0.338 e. The van der Waals surface area contributed by atoms with Crippen LogP contribution in [-0.2, 0) is 4.74 Å². The summed E-state index contributed by atoms with van der Waals surface area (Å²) in [5.41, 5.74) is 0.614. The number of pyridine rings is 1. The highest BCUT2D eigenvalue weighted by molar-refractivity contribution is 6.00. The summed E-state index contributed by atoms with van der Waals surface area (Å²) in [5, 5.41) is 9.35. The first-order valence-electron chi connectivity index (χ1n) is 6.95. The third-order valence-electron chi connectivity index (χ3n) is 3.49. The lowest BCUT2D eigenvalue weighted by molar-refractivity contribution is 0.0601. The maximum Gasteiger partial charge on any atom is 0.338 e. The summed E-state index contributed by atoms with van der Waals surface area (Å²) in [7, 11) is 4.12. The lowest BCUT2D eigenvalue weighted by Gasteiger charge is -2.16. The van der Waals surface area contributed by atoms with E-state index in [1.165, 1.54) is 27.4 Å². The molecule has 0 unspecified atom stereocenters. The van der Waals surface area contributed by atoms with Crippen LogP contribution in [0.5, 0.6) is 11.5 Å². The predicted molar refractivity (Wildman–Crippen MR) is 86.4 cm³/mol. The molecule has 0 saturated heterocycles. The number of ether oxygens (including phenoxy) is 3. The fourth-order valence-corrected chi connectivity index (χ4v) is 2.41. The molecule has 7 nitrogen and oxygen atoms in total. The summed E-state index contributed by atoms with van der Waals surface area (Å²) in [4.78, 5) is 26.9. The van der Waals surface area contributed by atoms with Gasteiger partial charge in [0.15, 0.2) is 0 Å². The number of carbonyl (C=O) groups is 1. The third kappa shape index (κ3) is 2.94. The SMILES string of the molecule is COC(=O)c1cc(OC)cc(OC)c1-c1cc(C)[nH]c(=O)c1C#N. The molecule has 2 aromatic rings. The van der Waals surface area contributed by atoms with Gasteiger partial charge in [0, 0.05) is 22.9 Å². The molecule has 24 heavy (non-hydrogen) atoms. The molecule has 1 N–H and O–H groups in total. The zero-order valence-corrected chi connectivity index (χ0v) is 13.7. The molecule has 0 aliphatic carbocycles. The Bertz CT molecular complexity index is 893. The van der Waals surface area contributed by atoms with Crippen molar-refractivity contribution in [3.05, 3.63) is 45.4 Å². The largest absolute Gasteiger partial charge is 0.497 e. The van der Waals surface area contributed by atoms with Crippen molar-refractivity contribution in [1.82, 2.24) is 4.98 Å². The maximum atomic E-state index is 12.2. The van der Waals surface area contributed by atoms with Gasteiger partial charge in [0.25, 0.3) is 5.56 Å². The van der Waals surface area contributed by atoms with Crippen LogP contribution in [-0.4, -0.2) is 32.3 Å². The number of rotatable bonds is 4. The van der Waals surface area contributed by atoms with Crippen LogP contribution in [0.4, 0.5) is 0 Å². The first-order chi connectivity index (χ1) is 11.5. The van der Waals surface area contributed by atoms with E-state index in [1.807, 2.05) is 6.07 Å². The second-order valence-electron chi connectivity index (χ2n) is 4.93. The third-order valence-corrected chi connectivity index (χ3v) is 3.49. The molecule has 2 rings (SSSR count). The standard InChI is InChI=1S/C17H16N2O5/c1-9-5-11(13(8-18)16(20)19-9)15-12(17(21)24-4)6-10(22-2)7-14(15)23-3/h5-7H,1-4H3,(H,19,20). The maximum absolute atomic E-state index is 12.2. The van der Waals surface area contributed by atoms with E-state index in [0.717, 1.165) is 0 Å². The van der Waals surface area contributed by atoms with Gasteiger partial charge in [-0.3, -0.25) is 4.79 Å². The van der Waals surface area contributed by atoms with Crippen molar-refractivity contribution in [2.45, 2.75) is 6.92 Å². The molecule has 1 heterocycles. The number of nitrogens with one attached hydrogen (secondary N) is 1. The van der Waals surface area contributed by atoms with Gasteiger partial charge >= 0.3 is 5.97 Å². The molecule has 0 saturated carbocycles. The number of methoxy groups -OCH3 is 3. The summed E-state index contributed by atoms with van der Waals surface area (Å²) in [6.07, 6.45) is 0. The number of aromatic nitrogens is 1. The number of hydrogen-bond donors (Lipinski definition) is 1. The van der Waals surface area contributed by atoms with Crippen molar-refractivity contribution in [3.63, 3.8) is 0 Å². The highest BCUT2D eigenvalue weighted by atomic mass is 16.5. The molecule has 0 bridgehead atoms. The summed E-state index contributed by atoms with van der Waals surface area (Å²) in [6.45, 7) is 1.68. The van der Waals surface area contributed by atoms with Crippen LogP contribution in [0.1, 0.15) is 21.6 Å². The molecular weight excluding hydrogens is 312 g/mol. The highest BCUT2D eigenvalue weighted by Gasteiger charge is 2.23. The van der Waals surface area contributed by atoms with Crippen molar-refractivity contribution in [2.24, 2.45) is 0 Å². The molecule has 0 radical (unpaired) electrons. The van der Waals surface area contributed by atoms with E-state index in [-0.39, 0.29) is 16.9 Å². The zero-order chi connectivity index (χ0) is 17.9. The number of aromatic amines is 1. The summed E-state index contributed by atoms with van der Waals surface area (Å²) in [6, 6.07) is 6.52. The van der Waals surface area contributed by atoms with Crippen LogP contribution in [0.2, 0.25) is 0 Å². The van der Waals surface area contributed by atoms with E-state index in [2.05, 4.69) is 4.98 Å². The lowest BCUT2D eigenvalue weighted by Crippen LogP contribution is -2.14. The molecule has 1 aromatic carbocycles. The minimum absolute atomic E-state index is 0.116. The van der Waals surface area contributed by atoms with Gasteiger partial charge in [0.2, 0.25) is 0 Å². The minimum atomic E-state index is -0.635. The fourth-order valence-electron chi connectivity index (χ4n) is 2.41. The number of hydrogen-bond acceptors (Lipinski definition) is 6. The number of nitriles is 1. The predicted octanol–water partition coefficient (Wildman–Crippen LogP) is 2.03. The van der Waals surface area contributed by atoms with Crippen molar-refractivity contribution in [3.8, 4) is 28.7 Å². The Kier molecular flexibility index (Phi) is 4.90. The van der Waals surface area contributed by atoms with Gasteiger partial charge in [-0.25, -0.2) is 4.79 Å². The average molecular weight is 328 g/mol. The van der Waals surface area contributed by atoms with Crippen LogP contribution in [0, 0.1) is 18.3 Å². The second kappa shape index (κ2) is 6.87. The van der Waals surface area contributed by atoms with Gasteiger partial charge < -0.3 is 19.2 Å². The molecule has 124 valence electrons. The number of esters is 1.